The van der Waals surface area contributed by atoms with E-state index in [0.29, 0.717) is 12.8 Å². The molecule has 0 aromatic rings. The van der Waals surface area contributed by atoms with Gasteiger partial charge in [0.15, 0.2) is 6.10 Å². The first-order valence-electron chi connectivity index (χ1n) is 19.8. The Morgan fingerprint density at radius 1 is 0.600 bits per heavy atom. The molecule has 0 aliphatic carbocycles. The predicted octanol–water partition coefficient (Wildman–Crippen LogP) is 9.83. The summed E-state index contributed by atoms with van der Waals surface area (Å²) in [6, 6.07) is 0. The van der Waals surface area contributed by atoms with Gasteiger partial charge in [0, 0.05) is 12.8 Å². The van der Waals surface area contributed by atoms with E-state index in [1.54, 1.807) is 0 Å². The van der Waals surface area contributed by atoms with Crippen LogP contribution in [-0.4, -0.2) is 65.7 Å². The highest BCUT2D eigenvalue weighted by atomic mass is 31.2. The fourth-order valence-electron chi connectivity index (χ4n) is 5.27. The molecule has 0 saturated carbocycles. The summed E-state index contributed by atoms with van der Waals surface area (Å²) in [6.07, 6.45) is 32.9. The van der Waals surface area contributed by atoms with Gasteiger partial charge in [0.05, 0.1) is 19.8 Å². The zero-order valence-electron chi connectivity index (χ0n) is 31.6. The molecule has 0 rings (SSSR count). The number of hydrogen-bond donors (Lipinski definition) is 3. The fraction of sp³-hybridized carbons (Fsp3) is 0.846. The van der Waals surface area contributed by atoms with Crippen molar-refractivity contribution < 1.29 is 47.8 Å². The monoisotopic (exact) mass is 732 g/mol. The van der Waals surface area contributed by atoms with Crippen LogP contribution in [-0.2, 0) is 32.7 Å². The van der Waals surface area contributed by atoms with Crippen LogP contribution in [0.3, 0.4) is 0 Å². The summed E-state index contributed by atoms with van der Waals surface area (Å²) in [5, 5.41) is 18.3. The van der Waals surface area contributed by atoms with E-state index in [-0.39, 0.29) is 19.4 Å². The molecule has 0 amide bonds. The number of allylic oxidation sites excluding steroid dienone is 4. The standard InChI is InChI=1S/C39H73O10P/c1-3-5-7-9-11-13-15-17-19-20-22-24-26-28-30-38(42)46-34-37(35-48-50(44,45)47-33-36(41)32-40)49-39(43)31-29-27-25-23-21-18-16-14-12-10-8-6-4-2/h8,10,14,16,36-37,40-41H,3-7,9,11-13,15,17-35H2,1-2H3,(H,44,45)/b10-8-,16-14-. The number of aliphatic hydroxyl groups excluding tert-OH is 2. The molecule has 0 aromatic heterocycles. The highest BCUT2D eigenvalue weighted by molar-refractivity contribution is 7.47. The molecule has 0 bridgehead atoms. The molecule has 0 radical (unpaired) electrons. The van der Waals surface area contributed by atoms with Crippen LogP contribution in [0.1, 0.15) is 174 Å². The largest absolute Gasteiger partial charge is 0.472 e. The SMILES string of the molecule is CCC/C=C\C/C=C\CCCCCCCC(=O)OC(COC(=O)CCCCCCCCCCCCCCCC)COP(=O)(O)OCC(O)CO. The zero-order valence-corrected chi connectivity index (χ0v) is 32.5. The van der Waals surface area contributed by atoms with Gasteiger partial charge in [-0.2, -0.15) is 0 Å². The van der Waals surface area contributed by atoms with Gasteiger partial charge in [-0.05, 0) is 38.5 Å². The third kappa shape index (κ3) is 34.9. The minimum atomic E-state index is -4.61. The molecule has 11 heteroatoms. The molecule has 3 atom stereocenters. The molecule has 3 unspecified atom stereocenters. The molecule has 0 spiro atoms. The summed E-state index contributed by atoms with van der Waals surface area (Å²) in [5.74, 6) is -0.938. The highest BCUT2D eigenvalue weighted by Crippen LogP contribution is 2.43. The maximum atomic E-state index is 12.5. The number of carbonyl (C=O) groups excluding carboxylic acids is 2. The molecule has 0 aromatic carbocycles. The number of unbranched alkanes of at least 4 members (excludes halogenated alkanes) is 19. The smallest absolute Gasteiger partial charge is 0.462 e. The van der Waals surface area contributed by atoms with E-state index in [2.05, 4.69) is 42.7 Å². The van der Waals surface area contributed by atoms with Gasteiger partial charge in [0.2, 0.25) is 0 Å². The maximum Gasteiger partial charge on any atom is 0.472 e. The highest BCUT2D eigenvalue weighted by Gasteiger charge is 2.27. The van der Waals surface area contributed by atoms with E-state index >= 15 is 0 Å². The van der Waals surface area contributed by atoms with E-state index < -0.39 is 51.8 Å². The van der Waals surface area contributed by atoms with Gasteiger partial charge in [-0.1, -0.05) is 147 Å². The number of carbonyl (C=O) groups is 2. The van der Waals surface area contributed by atoms with Crippen LogP contribution in [0.25, 0.3) is 0 Å². The van der Waals surface area contributed by atoms with Crippen molar-refractivity contribution in [2.24, 2.45) is 0 Å². The lowest BCUT2D eigenvalue weighted by molar-refractivity contribution is -0.161. The van der Waals surface area contributed by atoms with Crippen molar-refractivity contribution in [3.05, 3.63) is 24.3 Å². The Balaban J connectivity index is 4.35. The molecule has 0 heterocycles. The van der Waals surface area contributed by atoms with Crippen LogP contribution < -0.4 is 0 Å². The number of ether oxygens (including phenoxy) is 2. The molecule has 10 nitrogen and oxygen atoms in total. The van der Waals surface area contributed by atoms with Crippen LogP contribution in [0.15, 0.2) is 24.3 Å². The van der Waals surface area contributed by atoms with E-state index in [0.717, 1.165) is 64.2 Å². The number of hydrogen-bond acceptors (Lipinski definition) is 9. The average molecular weight is 733 g/mol. The van der Waals surface area contributed by atoms with Crippen molar-refractivity contribution in [3.8, 4) is 0 Å². The molecule has 3 N–H and O–H groups in total. The van der Waals surface area contributed by atoms with Gasteiger partial charge >= 0.3 is 19.8 Å². The fourth-order valence-corrected chi connectivity index (χ4v) is 6.06. The Morgan fingerprint density at radius 3 is 1.62 bits per heavy atom. The summed E-state index contributed by atoms with van der Waals surface area (Å²) in [4.78, 5) is 34.8. The van der Waals surface area contributed by atoms with Crippen LogP contribution in [0, 0.1) is 0 Å². The minimum absolute atomic E-state index is 0.170. The first-order valence-corrected chi connectivity index (χ1v) is 21.3. The number of rotatable bonds is 37. The van der Waals surface area contributed by atoms with Crippen LogP contribution in [0.2, 0.25) is 0 Å². The summed E-state index contributed by atoms with van der Waals surface area (Å²) < 4.78 is 32.6. The lowest BCUT2D eigenvalue weighted by Crippen LogP contribution is -2.29. The van der Waals surface area contributed by atoms with E-state index in [4.69, 9.17) is 19.1 Å². The van der Waals surface area contributed by atoms with Gasteiger partial charge in [-0.15, -0.1) is 0 Å². The molecular formula is C39H73O10P. The molecular weight excluding hydrogens is 659 g/mol. The Kier molecular flexibility index (Phi) is 34.7. The summed E-state index contributed by atoms with van der Waals surface area (Å²) >= 11 is 0. The number of phosphoric acid groups is 1. The third-order valence-corrected chi connectivity index (χ3v) is 9.29. The second kappa shape index (κ2) is 35.8. The van der Waals surface area contributed by atoms with Gasteiger partial charge in [-0.25, -0.2) is 4.57 Å². The lowest BCUT2D eigenvalue weighted by atomic mass is 10.0. The van der Waals surface area contributed by atoms with Crippen molar-refractivity contribution >= 4 is 19.8 Å². The summed E-state index contributed by atoms with van der Waals surface area (Å²) in [6.45, 7) is 2.29. The van der Waals surface area contributed by atoms with Crippen molar-refractivity contribution in [3.63, 3.8) is 0 Å². The van der Waals surface area contributed by atoms with E-state index in [1.807, 2.05) is 0 Å². The van der Waals surface area contributed by atoms with Crippen molar-refractivity contribution in [2.45, 2.75) is 187 Å². The zero-order chi connectivity index (χ0) is 37.0. The molecule has 0 aliphatic heterocycles. The van der Waals surface area contributed by atoms with Gasteiger partial charge in [0.1, 0.15) is 12.7 Å². The second-order valence-electron chi connectivity index (χ2n) is 13.3. The van der Waals surface area contributed by atoms with E-state index in [1.165, 1.54) is 70.6 Å². The Labute approximate surface area is 304 Å². The normalized spacial score (nSPS) is 14.3. The number of esters is 2. The number of phosphoric ester groups is 1. The van der Waals surface area contributed by atoms with Crippen molar-refractivity contribution in [2.75, 3.05) is 26.4 Å². The third-order valence-electron chi connectivity index (χ3n) is 8.34. The Bertz CT molecular complexity index is 894. The van der Waals surface area contributed by atoms with Crippen LogP contribution in [0.5, 0.6) is 0 Å². The topological polar surface area (TPSA) is 149 Å². The Morgan fingerprint density at radius 2 is 1.08 bits per heavy atom. The maximum absolute atomic E-state index is 12.5. The minimum Gasteiger partial charge on any atom is -0.462 e. The first-order chi connectivity index (χ1) is 24.2. The number of aliphatic hydroxyl groups is 2. The molecule has 294 valence electrons. The average Bonchev–Trinajstić information content (AvgIpc) is 3.10. The van der Waals surface area contributed by atoms with Gasteiger partial charge in [0.25, 0.3) is 0 Å². The van der Waals surface area contributed by atoms with Gasteiger partial charge in [-0.3, -0.25) is 18.6 Å². The van der Waals surface area contributed by atoms with Crippen molar-refractivity contribution in [1.82, 2.24) is 0 Å². The lowest BCUT2D eigenvalue weighted by Gasteiger charge is -2.20. The first kappa shape index (κ1) is 48.5. The van der Waals surface area contributed by atoms with Crippen LogP contribution >= 0.6 is 7.82 Å². The molecule has 0 fully saturated rings. The second-order valence-corrected chi connectivity index (χ2v) is 14.8. The molecule has 0 saturated heterocycles. The summed E-state index contributed by atoms with van der Waals surface area (Å²) in [7, 11) is -4.61. The Hall–Kier alpha value is -1.55. The van der Waals surface area contributed by atoms with E-state index in [9.17, 15) is 24.2 Å². The van der Waals surface area contributed by atoms with Gasteiger partial charge < -0.3 is 24.6 Å². The van der Waals surface area contributed by atoms with Crippen LogP contribution in [0.4, 0.5) is 0 Å². The predicted molar refractivity (Wildman–Crippen MR) is 201 cm³/mol. The quantitative estimate of drug-likeness (QED) is 0.0244. The van der Waals surface area contributed by atoms with Crippen molar-refractivity contribution in [1.29, 1.82) is 0 Å². The molecule has 0 aliphatic rings. The summed E-state index contributed by atoms with van der Waals surface area (Å²) in [5.41, 5.74) is 0. The molecule has 50 heavy (non-hydrogen) atoms.